The van der Waals surface area contributed by atoms with Crippen molar-refractivity contribution in [3.8, 4) is 5.75 Å². The van der Waals surface area contributed by atoms with Crippen LogP contribution in [0.15, 0.2) is 12.4 Å². The van der Waals surface area contributed by atoms with Gasteiger partial charge in [0.15, 0.2) is 5.75 Å². The van der Waals surface area contributed by atoms with Crippen molar-refractivity contribution in [2.45, 2.75) is 6.54 Å². The fourth-order valence-electron chi connectivity index (χ4n) is 0.812. The van der Waals surface area contributed by atoms with Crippen molar-refractivity contribution in [2.75, 3.05) is 13.7 Å². The van der Waals surface area contributed by atoms with Gasteiger partial charge in [-0.05, 0) is 0 Å². The third kappa shape index (κ3) is 3.02. The summed E-state index contributed by atoms with van der Waals surface area (Å²) >= 11 is 0. The van der Waals surface area contributed by atoms with Crippen LogP contribution in [-0.4, -0.2) is 29.6 Å². The van der Waals surface area contributed by atoms with Crippen molar-refractivity contribution in [1.29, 1.82) is 0 Å². The van der Waals surface area contributed by atoms with Gasteiger partial charge in [0.2, 0.25) is 0 Å². The Bertz CT molecular complexity index is 284. The van der Waals surface area contributed by atoms with Crippen LogP contribution in [-0.2, 0) is 11.3 Å². The zero-order valence-corrected chi connectivity index (χ0v) is 7.27. The van der Waals surface area contributed by atoms with Gasteiger partial charge in [-0.25, -0.2) is 4.79 Å². The summed E-state index contributed by atoms with van der Waals surface area (Å²) in [4.78, 5) is 10.2. The highest BCUT2D eigenvalue weighted by molar-refractivity contribution is 5.64. The zero-order chi connectivity index (χ0) is 9.68. The van der Waals surface area contributed by atoms with Crippen molar-refractivity contribution >= 4 is 6.09 Å². The first-order chi connectivity index (χ1) is 6.22. The predicted molar refractivity (Wildman–Crippen MR) is 44.3 cm³/mol. The number of rotatable bonds is 4. The third-order valence-electron chi connectivity index (χ3n) is 1.41. The van der Waals surface area contributed by atoms with Crippen molar-refractivity contribution in [3.63, 3.8) is 0 Å². The SMILES string of the molecule is COc1cnn(CCOC(N)=O)c1. The van der Waals surface area contributed by atoms with Crippen molar-refractivity contribution in [2.24, 2.45) is 5.73 Å². The summed E-state index contributed by atoms with van der Waals surface area (Å²) in [6.45, 7) is 0.673. The Morgan fingerprint density at radius 2 is 2.54 bits per heavy atom. The lowest BCUT2D eigenvalue weighted by Gasteiger charge is -2.00. The summed E-state index contributed by atoms with van der Waals surface area (Å²) in [6, 6.07) is 0. The van der Waals surface area contributed by atoms with Crippen LogP contribution in [0.3, 0.4) is 0 Å². The minimum absolute atomic E-state index is 0.208. The van der Waals surface area contributed by atoms with Crippen LogP contribution in [0.2, 0.25) is 0 Å². The maximum absolute atomic E-state index is 10.2. The molecule has 0 unspecified atom stereocenters. The predicted octanol–water partition coefficient (Wildman–Crippen LogP) is -0.0130. The lowest BCUT2D eigenvalue weighted by molar-refractivity contribution is 0.151. The molecule has 1 rings (SSSR count). The van der Waals surface area contributed by atoms with Gasteiger partial charge in [0.1, 0.15) is 6.61 Å². The lowest BCUT2D eigenvalue weighted by atomic mass is 10.6. The van der Waals surface area contributed by atoms with E-state index in [1.54, 1.807) is 24.2 Å². The molecule has 0 bridgehead atoms. The second kappa shape index (κ2) is 4.34. The summed E-state index contributed by atoms with van der Waals surface area (Å²) in [5, 5.41) is 3.94. The Labute approximate surface area is 75.2 Å². The fraction of sp³-hybridized carbons (Fsp3) is 0.429. The van der Waals surface area contributed by atoms with E-state index in [4.69, 9.17) is 10.5 Å². The standard InChI is InChI=1S/C7H11N3O3/c1-12-6-4-9-10(5-6)2-3-13-7(8)11/h4-5H,2-3H2,1H3,(H2,8,11). The number of nitrogens with two attached hydrogens (primary N) is 1. The molecule has 13 heavy (non-hydrogen) atoms. The Hall–Kier alpha value is -1.72. The van der Waals surface area contributed by atoms with Crippen molar-refractivity contribution < 1.29 is 14.3 Å². The molecule has 72 valence electrons. The zero-order valence-electron chi connectivity index (χ0n) is 7.27. The van der Waals surface area contributed by atoms with Crippen LogP contribution < -0.4 is 10.5 Å². The smallest absolute Gasteiger partial charge is 0.404 e. The largest absolute Gasteiger partial charge is 0.493 e. The summed E-state index contributed by atoms with van der Waals surface area (Å²) in [5.41, 5.74) is 4.77. The monoisotopic (exact) mass is 185 g/mol. The van der Waals surface area contributed by atoms with Gasteiger partial charge in [0.05, 0.1) is 26.0 Å². The summed E-state index contributed by atoms with van der Waals surface area (Å²) in [7, 11) is 1.56. The maximum atomic E-state index is 10.2. The molecule has 1 amide bonds. The van der Waals surface area contributed by atoms with Gasteiger partial charge in [-0.1, -0.05) is 0 Å². The van der Waals surface area contributed by atoms with Crippen LogP contribution in [0, 0.1) is 0 Å². The molecule has 0 aromatic carbocycles. The van der Waals surface area contributed by atoms with E-state index in [9.17, 15) is 4.79 Å². The average molecular weight is 185 g/mol. The van der Waals surface area contributed by atoms with E-state index in [-0.39, 0.29) is 6.61 Å². The molecule has 0 aliphatic rings. The Morgan fingerprint density at radius 1 is 1.77 bits per heavy atom. The maximum Gasteiger partial charge on any atom is 0.404 e. The topological polar surface area (TPSA) is 79.4 Å². The number of amides is 1. The highest BCUT2D eigenvalue weighted by Crippen LogP contribution is 2.05. The second-order valence-electron chi connectivity index (χ2n) is 2.31. The van der Waals surface area contributed by atoms with Crippen LogP contribution >= 0.6 is 0 Å². The van der Waals surface area contributed by atoms with E-state index >= 15 is 0 Å². The van der Waals surface area contributed by atoms with Crippen LogP contribution in [0.1, 0.15) is 0 Å². The normalized spacial score (nSPS) is 9.62. The molecule has 0 atom stereocenters. The van der Waals surface area contributed by atoms with Crippen molar-refractivity contribution in [1.82, 2.24) is 9.78 Å². The number of methoxy groups -OCH3 is 1. The van der Waals surface area contributed by atoms with Gasteiger partial charge >= 0.3 is 6.09 Å². The molecule has 0 aliphatic heterocycles. The first-order valence-corrected chi connectivity index (χ1v) is 3.71. The van der Waals surface area contributed by atoms with Gasteiger partial charge in [-0.3, -0.25) is 4.68 Å². The molecular formula is C7H11N3O3. The molecule has 1 aromatic rings. The lowest BCUT2D eigenvalue weighted by Crippen LogP contribution is -2.16. The van der Waals surface area contributed by atoms with E-state index < -0.39 is 6.09 Å². The fourth-order valence-corrected chi connectivity index (χ4v) is 0.812. The molecule has 0 saturated heterocycles. The van der Waals surface area contributed by atoms with Gasteiger partial charge in [0.25, 0.3) is 0 Å². The Balaban J connectivity index is 2.32. The minimum Gasteiger partial charge on any atom is -0.493 e. The number of hydrogen-bond donors (Lipinski definition) is 1. The number of nitrogens with zero attached hydrogens (tertiary/aromatic N) is 2. The van der Waals surface area contributed by atoms with E-state index in [0.29, 0.717) is 12.3 Å². The molecule has 0 aliphatic carbocycles. The van der Waals surface area contributed by atoms with E-state index in [2.05, 4.69) is 9.84 Å². The molecule has 6 nitrogen and oxygen atoms in total. The first-order valence-electron chi connectivity index (χ1n) is 3.71. The van der Waals surface area contributed by atoms with Gasteiger partial charge in [0, 0.05) is 0 Å². The molecule has 0 radical (unpaired) electrons. The number of carbonyl (C=O) groups is 1. The van der Waals surface area contributed by atoms with Crippen LogP contribution in [0.25, 0.3) is 0 Å². The summed E-state index contributed by atoms with van der Waals surface area (Å²) in [6.07, 6.45) is 2.49. The number of primary amides is 1. The quantitative estimate of drug-likeness (QED) is 0.715. The van der Waals surface area contributed by atoms with Crippen molar-refractivity contribution in [3.05, 3.63) is 12.4 Å². The molecule has 0 spiro atoms. The molecular weight excluding hydrogens is 174 g/mol. The van der Waals surface area contributed by atoms with E-state index in [1.807, 2.05) is 0 Å². The first kappa shape index (κ1) is 9.37. The molecule has 6 heteroatoms. The third-order valence-corrected chi connectivity index (χ3v) is 1.41. The number of carbonyl (C=O) groups excluding carboxylic acids is 1. The molecule has 1 aromatic heterocycles. The molecule has 1 heterocycles. The molecule has 0 fully saturated rings. The summed E-state index contributed by atoms with van der Waals surface area (Å²) < 4.78 is 11.0. The van der Waals surface area contributed by atoms with Gasteiger partial charge in [-0.15, -0.1) is 0 Å². The Morgan fingerprint density at radius 3 is 3.08 bits per heavy atom. The second-order valence-corrected chi connectivity index (χ2v) is 2.31. The average Bonchev–Trinajstić information content (AvgIpc) is 2.52. The highest BCUT2D eigenvalue weighted by atomic mass is 16.5. The number of aromatic nitrogens is 2. The van der Waals surface area contributed by atoms with Crippen LogP contribution in [0.5, 0.6) is 5.75 Å². The van der Waals surface area contributed by atoms with Gasteiger partial charge in [-0.2, -0.15) is 5.10 Å². The number of hydrogen-bond acceptors (Lipinski definition) is 4. The van der Waals surface area contributed by atoms with Crippen LogP contribution in [0.4, 0.5) is 4.79 Å². The Kier molecular flexibility index (Phi) is 3.13. The summed E-state index contributed by atoms with van der Waals surface area (Å²) in [5.74, 6) is 0.666. The van der Waals surface area contributed by atoms with E-state index in [0.717, 1.165) is 0 Å². The molecule has 2 N–H and O–H groups in total. The van der Waals surface area contributed by atoms with E-state index in [1.165, 1.54) is 0 Å². The number of ether oxygens (including phenoxy) is 2. The van der Waals surface area contributed by atoms with Gasteiger partial charge < -0.3 is 15.2 Å². The highest BCUT2D eigenvalue weighted by Gasteiger charge is 1.98. The minimum atomic E-state index is -0.779. The molecule has 0 saturated carbocycles.